The van der Waals surface area contributed by atoms with Gasteiger partial charge in [0.05, 0.1) is 7.11 Å². The minimum absolute atomic E-state index is 0.543. The Kier molecular flexibility index (Phi) is 1.59. The molecule has 1 atom stereocenters. The lowest BCUT2D eigenvalue weighted by atomic mass is 9.84. The van der Waals surface area contributed by atoms with Gasteiger partial charge in [-0.3, -0.25) is 0 Å². The number of nitrogens with zero attached hydrogens (tertiary/aromatic N) is 1. The van der Waals surface area contributed by atoms with Crippen molar-refractivity contribution in [2.75, 3.05) is 13.7 Å². The predicted molar refractivity (Wildman–Crippen MR) is 53.2 cm³/mol. The highest BCUT2D eigenvalue weighted by Gasteiger charge is 2.56. The van der Waals surface area contributed by atoms with Gasteiger partial charge in [-0.15, -0.1) is 0 Å². The molecule has 1 aliphatic heterocycles. The van der Waals surface area contributed by atoms with Crippen LogP contribution in [0, 0.1) is 5.41 Å². The van der Waals surface area contributed by atoms with Gasteiger partial charge in [0.1, 0.15) is 0 Å². The van der Waals surface area contributed by atoms with Crippen molar-refractivity contribution < 1.29 is 4.74 Å². The summed E-state index contributed by atoms with van der Waals surface area (Å²) >= 11 is 0. The molecule has 0 bridgehead atoms. The van der Waals surface area contributed by atoms with Crippen LogP contribution in [0.4, 0.5) is 0 Å². The van der Waals surface area contributed by atoms with Crippen LogP contribution in [-0.4, -0.2) is 18.6 Å². The minimum Gasteiger partial charge on any atom is -0.481 e. The van der Waals surface area contributed by atoms with Crippen molar-refractivity contribution in [1.82, 2.24) is 10.3 Å². The van der Waals surface area contributed by atoms with E-state index < -0.39 is 0 Å². The van der Waals surface area contributed by atoms with Crippen molar-refractivity contribution in [3.05, 3.63) is 23.9 Å². The van der Waals surface area contributed by atoms with Crippen LogP contribution >= 0.6 is 0 Å². The Morgan fingerprint density at radius 1 is 1.50 bits per heavy atom. The molecule has 1 saturated carbocycles. The minimum atomic E-state index is 0.543. The first-order valence-electron chi connectivity index (χ1n) is 5.07. The first kappa shape index (κ1) is 8.24. The van der Waals surface area contributed by atoms with Gasteiger partial charge in [-0.05, 0) is 18.4 Å². The third kappa shape index (κ3) is 1.05. The molecule has 3 nitrogen and oxygen atoms in total. The summed E-state index contributed by atoms with van der Waals surface area (Å²) in [5, 5.41) is 3.47. The van der Waals surface area contributed by atoms with E-state index in [1.165, 1.54) is 24.9 Å². The van der Waals surface area contributed by atoms with Crippen LogP contribution in [0.3, 0.4) is 0 Å². The van der Waals surface area contributed by atoms with E-state index >= 15 is 0 Å². The Hall–Kier alpha value is -1.09. The molecule has 14 heavy (non-hydrogen) atoms. The monoisotopic (exact) mass is 190 g/mol. The number of rotatable bonds is 2. The van der Waals surface area contributed by atoms with Gasteiger partial charge in [-0.1, -0.05) is 6.07 Å². The van der Waals surface area contributed by atoms with Crippen LogP contribution in [0.2, 0.25) is 0 Å². The SMILES string of the molecule is COc1ccc(C2NCC23CC3)cn1. The lowest BCUT2D eigenvalue weighted by Crippen LogP contribution is -2.47. The quantitative estimate of drug-likeness (QED) is 0.767. The second kappa shape index (κ2) is 2.70. The number of hydrogen-bond acceptors (Lipinski definition) is 3. The zero-order chi connectivity index (χ0) is 9.60. The van der Waals surface area contributed by atoms with Crippen LogP contribution in [-0.2, 0) is 0 Å². The van der Waals surface area contributed by atoms with E-state index in [4.69, 9.17) is 4.74 Å². The van der Waals surface area contributed by atoms with Crippen LogP contribution < -0.4 is 10.1 Å². The summed E-state index contributed by atoms with van der Waals surface area (Å²) in [4.78, 5) is 4.23. The second-order valence-electron chi connectivity index (χ2n) is 4.31. The molecule has 1 unspecified atom stereocenters. The van der Waals surface area contributed by atoms with Gasteiger partial charge in [0.25, 0.3) is 0 Å². The molecule has 1 saturated heterocycles. The van der Waals surface area contributed by atoms with Gasteiger partial charge < -0.3 is 10.1 Å². The molecule has 0 aromatic carbocycles. The maximum absolute atomic E-state index is 5.04. The standard InChI is InChI=1S/C11H14N2O/c1-14-9-3-2-8(6-12-9)10-11(4-5-11)7-13-10/h2-3,6,10,13H,4-5,7H2,1H3. The summed E-state index contributed by atoms with van der Waals surface area (Å²) in [6.45, 7) is 1.18. The molecule has 1 aromatic rings. The molecule has 1 aromatic heterocycles. The molecule has 2 aliphatic rings. The van der Waals surface area contributed by atoms with Gasteiger partial charge in [-0.2, -0.15) is 0 Å². The Balaban J connectivity index is 1.83. The fourth-order valence-electron chi connectivity index (χ4n) is 2.27. The zero-order valence-electron chi connectivity index (χ0n) is 8.29. The van der Waals surface area contributed by atoms with E-state index in [0.717, 1.165) is 0 Å². The van der Waals surface area contributed by atoms with Gasteiger partial charge in [0.15, 0.2) is 0 Å². The van der Waals surface area contributed by atoms with Crippen molar-refractivity contribution in [3.63, 3.8) is 0 Å². The highest BCUT2D eigenvalue weighted by molar-refractivity contribution is 5.28. The molecule has 3 rings (SSSR count). The van der Waals surface area contributed by atoms with E-state index in [-0.39, 0.29) is 0 Å². The smallest absolute Gasteiger partial charge is 0.212 e. The third-order valence-corrected chi connectivity index (χ3v) is 3.46. The van der Waals surface area contributed by atoms with Crippen LogP contribution in [0.5, 0.6) is 5.88 Å². The van der Waals surface area contributed by atoms with E-state index in [2.05, 4.69) is 16.4 Å². The van der Waals surface area contributed by atoms with Gasteiger partial charge in [-0.25, -0.2) is 4.98 Å². The van der Waals surface area contributed by atoms with E-state index in [9.17, 15) is 0 Å². The average molecular weight is 190 g/mol. The number of ether oxygens (including phenoxy) is 1. The number of aromatic nitrogens is 1. The highest BCUT2D eigenvalue weighted by atomic mass is 16.5. The molecule has 0 amide bonds. The summed E-state index contributed by atoms with van der Waals surface area (Å²) in [7, 11) is 1.64. The summed E-state index contributed by atoms with van der Waals surface area (Å²) in [6.07, 6.45) is 4.67. The lowest BCUT2D eigenvalue weighted by Gasteiger charge is -2.39. The van der Waals surface area contributed by atoms with Crippen molar-refractivity contribution in [2.24, 2.45) is 5.41 Å². The first-order valence-corrected chi connectivity index (χ1v) is 5.07. The van der Waals surface area contributed by atoms with E-state index in [0.29, 0.717) is 17.3 Å². The normalized spacial score (nSPS) is 27.1. The Bertz CT molecular complexity index is 343. The van der Waals surface area contributed by atoms with Gasteiger partial charge >= 0.3 is 0 Å². The highest BCUT2D eigenvalue weighted by Crippen LogP contribution is 2.59. The number of methoxy groups -OCH3 is 1. The number of hydrogen-bond donors (Lipinski definition) is 1. The van der Waals surface area contributed by atoms with Crippen LogP contribution in [0.25, 0.3) is 0 Å². The molecule has 1 spiro atoms. The zero-order valence-corrected chi connectivity index (χ0v) is 8.29. The summed E-state index contributed by atoms with van der Waals surface area (Å²) < 4.78 is 5.04. The maximum Gasteiger partial charge on any atom is 0.212 e. The Morgan fingerprint density at radius 2 is 2.36 bits per heavy atom. The predicted octanol–water partition coefficient (Wildman–Crippen LogP) is 1.51. The molecule has 3 heteroatoms. The third-order valence-electron chi connectivity index (χ3n) is 3.46. The summed E-state index contributed by atoms with van der Waals surface area (Å²) in [5.41, 5.74) is 1.89. The van der Waals surface area contributed by atoms with E-state index in [1.807, 2.05) is 12.3 Å². The van der Waals surface area contributed by atoms with Crippen molar-refractivity contribution in [2.45, 2.75) is 18.9 Å². The van der Waals surface area contributed by atoms with E-state index in [1.54, 1.807) is 7.11 Å². The van der Waals surface area contributed by atoms with Gasteiger partial charge in [0, 0.05) is 30.3 Å². The number of nitrogens with one attached hydrogen (secondary N) is 1. The molecule has 74 valence electrons. The molecule has 1 aliphatic carbocycles. The maximum atomic E-state index is 5.04. The summed E-state index contributed by atoms with van der Waals surface area (Å²) in [5.74, 6) is 0.693. The second-order valence-corrected chi connectivity index (χ2v) is 4.31. The van der Waals surface area contributed by atoms with Crippen molar-refractivity contribution in [3.8, 4) is 5.88 Å². The Labute approximate surface area is 83.5 Å². The summed E-state index contributed by atoms with van der Waals surface area (Å²) in [6, 6.07) is 4.59. The fraction of sp³-hybridized carbons (Fsp3) is 0.545. The number of pyridine rings is 1. The molecular formula is C11H14N2O. The van der Waals surface area contributed by atoms with Crippen molar-refractivity contribution >= 4 is 0 Å². The largest absolute Gasteiger partial charge is 0.481 e. The van der Waals surface area contributed by atoms with Gasteiger partial charge in [0.2, 0.25) is 5.88 Å². The first-order chi connectivity index (χ1) is 6.84. The topological polar surface area (TPSA) is 34.1 Å². The van der Waals surface area contributed by atoms with Crippen LogP contribution in [0.1, 0.15) is 24.4 Å². The average Bonchev–Trinajstić information content (AvgIpc) is 2.99. The molecule has 1 N–H and O–H groups in total. The molecule has 2 heterocycles. The van der Waals surface area contributed by atoms with Crippen LogP contribution in [0.15, 0.2) is 18.3 Å². The molecule has 0 radical (unpaired) electrons. The van der Waals surface area contributed by atoms with Crippen molar-refractivity contribution in [1.29, 1.82) is 0 Å². The fourth-order valence-corrected chi connectivity index (χ4v) is 2.27. The molecular weight excluding hydrogens is 176 g/mol. The lowest BCUT2D eigenvalue weighted by molar-refractivity contribution is 0.208. The molecule has 2 fully saturated rings. The Morgan fingerprint density at radius 3 is 2.79 bits per heavy atom.